The second-order valence-corrected chi connectivity index (χ2v) is 6.66. The Bertz CT molecular complexity index is 726. The average molecular weight is 328 g/mol. The number of hydrogen-bond donors (Lipinski definition) is 1. The number of nitrogens with zero attached hydrogens (tertiary/aromatic N) is 3. The molecule has 3 heterocycles. The number of methoxy groups -OCH3 is 1. The number of pyridine rings is 1. The molecule has 1 fully saturated rings. The zero-order valence-corrected chi connectivity index (χ0v) is 14.6. The SMILES string of the molecule is COc1cc(C)nc(C2CCN(C=O)C2c2cc(C(C)C)n[nH]2)c1. The van der Waals surface area contributed by atoms with Gasteiger partial charge in [0.15, 0.2) is 0 Å². The van der Waals surface area contributed by atoms with Crippen molar-refractivity contribution in [2.75, 3.05) is 13.7 Å². The van der Waals surface area contributed by atoms with Crippen molar-refractivity contribution in [3.05, 3.63) is 41.0 Å². The number of amides is 1. The van der Waals surface area contributed by atoms with Crippen LogP contribution in [-0.2, 0) is 4.79 Å². The summed E-state index contributed by atoms with van der Waals surface area (Å²) in [5.41, 5.74) is 3.86. The highest BCUT2D eigenvalue weighted by Gasteiger charge is 2.38. The van der Waals surface area contributed by atoms with Crippen LogP contribution in [0.1, 0.15) is 60.9 Å². The quantitative estimate of drug-likeness (QED) is 0.857. The van der Waals surface area contributed by atoms with Gasteiger partial charge in [0.25, 0.3) is 0 Å². The highest BCUT2D eigenvalue weighted by atomic mass is 16.5. The summed E-state index contributed by atoms with van der Waals surface area (Å²) < 4.78 is 5.38. The number of likely N-dealkylation sites (tertiary alicyclic amines) is 1. The van der Waals surface area contributed by atoms with E-state index in [9.17, 15) is 4.79 Å². The van der Waals surface area contributed by atoms with E-state index in [1.54, 1.807) is 7.11 Å². The van der Waals surface area contributed by atoms with E-state index in [0.29, 0.717) is 12.5 Å². The van der Waals surface area contributed by atoms with Crippen LogP contribution in [-0.4, -0.2) is 40.1 Å². The highest BCUT2D eigenvalue weighted by molar-refractivity contribution is 5.50. The predicted octanol–water partition coefficient (Wildman–Crippen LogP) is 2.93. The Labute approximate surface area is 142 Å². The molecule has 2 unspecified atom stereocenters. The number of aryl methyl sites for hydroxylation is 1. The van der Waals surface area contributed by atoms with E-state index in [1.807, 2.05) is 24.0 Å². The molecule has 2 aromatic heterocycles. The molecule has 6 heteroatoms. The molecule has 0 radical (unpaired) electrons. The smallest absolute Gasteiger partial charge is 0.210 e. The lowest BCUT2D eigenvalue weighted by Gasteiger charge is -2.24. The van der Waals surface area contributed by atoms with Crippen molar-refractivity contribution in [3.63, 3.8) is 0 Å². The lowest BCUT2D eigenvalue weighted by molar-refractivity contribution is -0.119. The summed E-state index contributed by atoms with van der Waals surface area (Å²) >= 11 is 0. The van der Waals surface area contributed by atoms with Crippen molar-refractivity contribution in [3.8, 4) is 5.75 Å². The van der Waals surface area contributed by atoms with Gasteiger partial charge in [0, 0.05) is 36.0 Å². The summed E-state index contributed by atoms with van der Waals surface area (Å²) in [6.07, 6.45) is 1.80. The summed E-state index contributed by atoms with van der Waals surface area (Å²) in [5, 5.41) is 7.52. The third kappa shape index (κ3) is 3.00. The van der Waals surface area contributed by atoms with Crippen LogP contribution in [0.4, 0.5) is 0 Å². The van der Waals surface area contributed by atoms with Crippen LogP contribution in [0.15, 0.2) is 18.2 Å². The largest absolute Gasteiger partial charge is 0.497 e. The minimum absolute atomic E-state index is 0.0680. The summed E-state index contributed by atoms with van der Waals surface area (Å²) in [4.78, 5) is 18.1. The molecule has 1 saturated heterocycles. The summed E-state index contributed by atoms with van der Waals surface area (Å²) in [6, 6.07) is 5.88. The number of aromatic nitrogens is 3. The fourth-order valence-electron chi connectivity index (χ4n) is 3.41. The Morgan fingerprint density at radius 3 is 2.79 bits per heavy atom. The zero-order chi connectivity index (χ0) is 17.3. The van der Waals surface area contributed by atoms with Crippen LogP contribution < -0.4 is 4.74 Å². The van der Waals surface area contributed by atoms with Gasteiger partial charge in [-0.1, -0.05) is 13.8 Å². The zero-order valence-electron chi connectivity index (χ0n) is 14.6. The normalized spacial score (nSPS) is 20.6. The van der Waals surface area contributed by atoms with Crippen LogP contribution in [0.2, 0.25) is 0 Å². The predicted molar refractivity (Wildman–Crippen MR) is 91.1 cm³/mol. The minimum atomic E-state index is -0.0680. The molecule has 128 valence electrons. The van der Waals surface area contributed by atoms with Gasteiger partial charge in [0.05, 0.1) is 24.5 Å². The number of H-pyrrole nitrogens is 1. The molecule has 0 aliphatic carbocycles. The molecule has 0 aromatic carbocycles. The third-order valence-electron chi connectivity index (χ3n) is 4.66. The van der Waals surface area contributed by atoms with Gasteiger partial charge in [-0.25, -0.2) is 0 Å². The van der Waals surface area contributed by atoms with Crippen LogP contribution >= 0.6 is 0 Å². The second kappa shape index (κ2) is 6.63. The molecular formula is C18H24N4O2. The number of ether oxygens (including phenoxy) is 1. The van der Waals surface area contributed by atoms with Crippen molar-refractivity contribution in [1.29, 1.82) is 0 Å². The van der Waals surface area contributed by atoms with Gasteiger partial charge in [0.1, 0.15) is 5.75 Å². The lowest BCUT2D eigenvalue weighted by Crippen LogP contribution is -2.24. The Balaban J connectivity index is 1.99. The Kier molecular flexibility index (Phi) is 4.55. The van der Waals surface area contributed by atoms with E-state index in [1.165, 1.54) is 0 Å². The van der Waals surface area contributed by atoms with Crippen LogP contribution in [0.25, 0.3) is 0 Å². The van der Waals surface area contributed by atoms with Crippen molar-refractivity contribution < 1.29 is 9.53 Å². The number of hydrogen-bond acceptors (Lipinski definition) is 4. The van der Waals surface area contributed by atoms with Crippen LogP contribution in [0.5, 0.6) is 5.75 Å². The highest BCUT2D eigenvalue weighted by Crippen LogP contribution is 2.42. The molecule has 6 nitrogen and oxygen atoms in total. The maximum absolute atomic E-state index is 11.5. The monoisotopic (exact) mass is 328 g/mol. The Morgan fingerprint density at radius 1 is 1.38 bits per heavy atom. The minimum Gasteiger partial charge on any atom is -0.497 e. The maximum Gasteiger partial charge on any atom is 0.210 e. The fraction of sp³-hybridized carbons (Fsp3) is 0.500. The first-order chi connectivity index (χ1) is 11.5. The summed E-state index contributed by atoms with van der Waals surface area (Å²) in [7, 11) is 1.66. The molecule has 3 rings (SSSR count). The van der Waals surface area contributed by atoms with Gasteiger partial charge in [0.2, 0.25) is 6.41 Å². The third-order valence-corrected chi connectivity index (χ3v) is 4.66. The first-order valence-corrected chi connectivity index (χ1v) is 8.32. The van der Waals surface area contributed by atoms with Gasteiger partial charge < -0.3 is 9.64 Å². The van der Waals surface area contributed by atoms with Gasteiger partial charge in [-0.3, -0.25) is 14.9 Å². The van der Waals surface area contributed by atoms with E-state index < -0.39 is 0 Å². The summed E-state index contributed by atoms with van der Waals surface area (Å²) in [5.74, 6) is 1.27. The van der Waals surface area contributed by atoms with Crippen LogP contribution in [0.3, 0.4) is 0 Å². The van der Waals surface area contributed by atoms with E-state index >= 15 is 0 Å². The molecule has 2 aromatic rings. The number of rotatable bonds is 5. The molecule has 24 heavy (non-hydrogen) atoms. The van der Waals surface area contributed by atoms with E-state index in [4.69, 9.17) is 9.72 Å². The molecule has 0 bridgehead atoms. The lowest BCUT2D eigenvalue weighted by atomic mass is 9.93. The average Bonchev–Trinajstić information content (AvgIpc) is 3.20. The first kappa shape index (κ1) is 16.5. The molecule has 2 atom stereocenters. The molecule has 1 N–H and O–H groups in total. The van der Waals surface area contributed by atoms with E-state index in [0.717, 1.165) is 41.4 Å². The van der Waals surface area contributed by atoms with Crippen molar-refractivity contribution >= 4 is 6.41 Å². The molecule has 0 spiro atoms. The van der Waals surface area contributed by atoms with Crippen molar-refractivity contribution in [2.24, 2.45) is 0 Å². The second-order valence-electron chi connectivity index (χ2n) is 6.66. The van der Waals surface area contributed by atoms with Crippen LogP contribution in [0, 0.1) is 6.92 Å². The number of nitrogens with one attached hydrogen (secondary N) is 1. The summed E-state index contributed by atoms with van der Waals surface area (Å²) in [6.45, 7) is 6.89. The fourth-order valence-corrected chi connectivity index (χ4v) is 3.41. The molecular weight excluding hydrogens is 304 g/mol. The topological polar surface area (TPSA) is 71.1 Å². The Morgan fingerprint density at radius 2 is 2.17 bits per heavy atom. The molecule has 1 amide bonds. The first-order valence-electron chi connectivity index (χ1n) is 8.32. The molecule has 1 aliphatic heterocycles. The van der Waals surface area contributed by atoms with Crippen molar-refractivity contribution in [2.45, 2.75) is 45.1 Å². The van der Waals surface area contributed by atoms with E-state index in [-0.39, 0.29) is 12.0 Å². The van der Waals surface area contributed by atoms with Crippen molar-refractivity contribution in [1.82, 2.24) is 20.1 Å². The van der Waals surface area contributed by atoms with Gasteiger partial charge >= 0.3 is 0 Å². The standard InChI is InChI=1S/C18H24N4O2/c1-11(2)15-9-17(21-20-15)18-14(5-6-22(18)10-23)16-8-13(24-4)7-12(3)19-16/h7-11,14,18H,5-6H2,1-4H3,(H,20,21). The Hall–Kier alpha value is -2.37. The number of carbonyl (C=O) groups excluding carboxylic acids is 1. The number of aromatic amines is 1. The number of carbonyl (C=O) groups is 1. The molecule has 0 saturated carbocycles. The van der Waals surface area contributed by atoms with Gasteiger partial charge in [-0.05, 0) is 25.3 Å². The molecule has 1 aliphatic rings. The maximum atomic E-state index is 11.5. The van der Waals surface area contributed by atoms with Gasteiger partial charge in [-0.2, -0.15) is 5.10 Å². The van der Waals surface area contributed by atoms with Gasteiger partial charge in [-0.15, -0.1) is 0 Å². The van der Waals surface area contributed by atoms with E-state index in [2.05, 4.69) is 30.1 Å².